The van der Waals surface area contributed by atoms with Gasteiger partial charge in [-0.05, 0) is 12.1 Å². The topological polar surface area (TPSA) is 16.8 Å². The van der Waals surface area contributed by atoms with E-state index < -0.39 is 60.6 Å². The van der Waals surface area contributed by atoms with Gasteiger partial charge in [0.15, 0.2) is 18.9 Å². The Morgan fingerprint density at radius 2 is 0.974 bits per heavy atom. The van der Waals surface area contributed by atoms with Gasteiger partial charge in [-0.3, -0.25) is 4.98 Å². The number of hydrogen-bond donors (Lipinski definition) is 0. The van der Waals surface area contributed by atoms with Crippen molar-refractivity contribution >= 4 is 0 Å². The maximum atomic E-state index is 14.0. The molecule has 2 heterocycles. The second-order valence-electron chi connectivity index (χ2n) is 7.94. The van der Waals surface area contributed by atoms with Crippen LogP contribution >= 0.6 is 0 Å². The van der Waals surface area contributed by atoms with Crippen molar-refractivity contribution in [2.75, 3.05) is 0 Å². The SMILES string of the molecule is FC(F)(F)C(F)(F)C(F)(F)C(F)(F)C(F)(F)C(F)(F)C(F)(F)C(F)(F)CC[n+]1ccc(-c2ccccn2)cc1. The molecule has 0 radical (unpaired) electrons. The van der Waals surface area contributed by atoms with Crippen LogP contribution in [0, 0.1) is 0 Å². The molecule has 2 nitrogen and oxygen atoms in total. The van der Waals surface area contributed by atoms with Crippen molar-refractivity contribution < 1.29 is 79.2 Å². The van der Waals surface area contributed by atoms with E-state index in [0.29, 0.717) is 15.8 Å². The lowest BCUT2D eigenvalue weighted by Crippen LogP contribution is -2.74. The Morgan fingerprint density at radius 3 is 1.38 bits per heavy atom. The lowest BCUT2D eigenvalue weighted by Gasteiger charge is -2.42. The number of aryl methyl sites for hydroxylation is 1. The number of alkyl halides is 17. The lowest BCUT2D eigenvalue weighted by molar-refractivity contribution is -0.700. The van der Waals surface area contributed by atoms with E-state index in [1.165, 1.54) is 24.4 Å². The quantitative estimate of drug-likeness (QED) is 0.204. The van der Waals surface area contributed by atoms with Gasteiger partial charge in [-0.25, -0.2) is 4.57 Å². The molecule has 2 aromatic heterocycles. The number of rotatable bonds is 10. The highest BCUT2D eigenvalue weighted by Gasteiger charge is 2.95. The van der Waals surface area contributed by atoms with E-state index in [-0.39, 0.29) is 0 Å². The summed E-state index contributed by atoms with van der Waals surface area (Å²) in [7, 11) is 0. The van der Waals surface area contributed by atoms with E-state index >= 15 is 0 Å². The van der Waals surface area contributed by atoms with E-state index in [4.69, 9.17) is 0 Å². The van der Waals surface area contributed by atoms with Crippen LogP contribution in [-0.4, -0.2) is 52.6 Å². The number of pyridine rings is 2. The van der Waals surface area contributed by atoms with E-state index in [1.54, 1.807) is 0 Å². The van der Waals surface area contributed by atoms with E-state index in [9.17, 15) is 74.6 Å². The molecular formula is C20H12F17N2+. The van der Waals surface area contributed by atoms with Crippen LogP contribution in [-0.2, 0) is 6.54 Å². The molecule has 0 spiro atoms. The van der Waals surface area contributed by atoms with Crippen LogP contribution in [0.25, 0.3) is 11.3 Å². The summed E-state index contributed by atoms with van der Waals surface area (Å²) in [6.45, 7) is -1.41. The molecule has 0 unspecified atom stereocenters. The van der Waals surface area contributed by atoms with Crippen molar-refractivity contribution in [1.82, 2.24) is 4.98 Å². The number of aromatic nitrogens is 2. The molecule has 0 aliphatic heterocycles. The highest BCUT2D eigenvalue weighted by Crippen LogP contribution is 2.64. The average Bonchev–Trinajstić information content (AvgIpc) is 2.82. The fourth-order valence-corrected chi connectivity index (χ4v) is 2.93. The third-order valence-electron chi connectivity index (χ3n) is 5.32. The number of halogens is 17. The van der Waals surface area contributed by atoms with E-state index in [0.717, 1.165) is 24.5 Å². The second-order valence-corrected chi connectivity index (χ2v) is 7.94. The molecule has 0 amide bonds. The molecule has 0 fully saturated rings. The van der Waals surface area contributed by atoms with E-state index in [1.807, 2.05) is 0 Å². The Balaban J connectivity index is 2.36. The first-order valence-corrected chi connectivity index (χ1v) is 9.91. The van der Waals surface area contributed by atoms with Crippen molar-refractivity contribution in [3.05, 3.63) is 48.9 Å². The van der Waals surface area contributed by atoms with Crippen molar-refractivity contribution in [3.63, 3.8) is 0 Å². The van der Waals surface area contributed by atoms with Crippen molar-refractivity contribution in [2.45, 2.75) is 60.6 Å². The van der Waals surface area contributed by atoms with Crippen LogP contribution in [0.3, 0.4) is 0 Å². The van der Waals surface area contributed by atoms with Crippen LogP contribution in [0.5, 0.6) is 0 Å². The molecule has 2 aromatic rings. The summed E-state index contributed by atoms with van der Waals surface area (Å²) in [5.41, 5.74) is 0.631. The maximum absolute atomic E-state index is 14.0. The Labute approximate surface area is 206 Å². The minimum Gasteiger partial charge on any atom is -0.256 e. The molecule has 0 N–H and O–H groups in total. The Bertz CT molecular complexity index is 1130. The third kappa shape index (κ3) is 4.96. The van der Waals surface area contributed by atoms with Gasteiger partial charge in [-0.15, -0.1) is 0 Å². The second kappa shape index (κ2) is 9.64. The van der Waals surface area contributed by atoms with Gasteiger partial charge in [0.2, 0.25) is 0 Å². The first-order valence-electron chi connectivity index (χ1n) is 9.91. The molecular weight excluding hydrogens is 591 g/mol. The molecule has 19 heteroatoms. The highest BCUT2D eigenvalue weighted by molar-refractivity contribution is 5.57. The summed E-state index contributed by atoms with van der Waals surface area (Å²) >= 11 is 0. The van der Waals surface area contributed by atoms with Gasteiger partial charge in [0, 0.05) is 23.9 Å². The van der Waals surface area contributed by atoms with Gasteiger partial charge in [-0.2, -0.15) is 74.6 Å². The minimum atomic E-state index is -8.63. The summed E-state index contributed by atoms with van der Waals surface area (Å²) in [4.78, 5) is 3.90. The summed E-state index contributed by atoms with van der Waals surface area (Å²) < 4.78 is 227. The molecule has 0 atom stereocenters. The maximum Gasteiger partial charge on any atom is 0.460 e. The Kier molecular flexibility index (Phi) is 7.99. The molecule has 2 rings (SSSR count). The molecule has 0 bridgehead atoms. The number of hydrogen-bond acceptors (Lipinski definition) is 1. The summed E-state index contributed by atoms with van der Waals surface area (Å²) in [5.74, 6) is -56.3. The van der Waals surface area contributed by atoms with Gasteiger partial charge >= 0.3 is 47.6 Å². The molecule has 0 aliphatic carbocycles. The van der Waals surface area contributed by atoms with Crippen LogP contribution in [0.1, 0.15) is 6.42 Å². The van der Waals surface area contributed by atoms with Crippen LogP contribution in [0.15, 0.2) is 48.9 Å². The third-order valence-corrected chi connectivity index (χ3v) is 5.32. The summed E-state index contributed by atoms with van der Waals surface area (Å²) in [6, 6.07) is 6.81. The van der Waals surface area contributed by atoms with Gasteiger partial charge in [0.25, 0.3) is 0 Å². The van der Waals surface area contributed by atoms with Gasteiger partial charge in [0.05, 0.1) is 12.1 Å². The first kappa shape index (κ1) is 32.3. The fraction of sp³-hybridized carbons (Fsp3) is 0.500. The zero-order valence-corrected chi connectivity index (χ0v) is 18.4. The molecule has 0 saturated carbocycles. The Hall–Kier alpha value is -2.89. The van der Waals surface area contributed by atoms with Gasteiger partial charge < -0.3 is 0 Å². The monoisotopic (exact) mass is 603 g/mol. The average molecular weight is 603 g/mol. The number of nitrogens with zero attached hydrogens (tertiary/aromatic N) is 2. The first-order chi connectivity index (χ1) is 17.3. The minimum absolute atomic E-state index is 0.314. The van der Waals surface area contributed by atoms with E-state index in [2.05, 4.69) is 4.98 Å². The van der Waals surface area contributed by atoms with Crippen molar-refractivity contribution in [3.8, 4) is 11.3 Å². The zero-order valence-electron chi connectivity index (χ0n) is 18.4. The highest BCUT2D eigenvalue weighted by atomic mass is 19.4. The van der Waals surface area contributed by atoms with Gasteiger partial charge in [0.1, 0.15) is 0 Å². The van der Waals surface area contributed by atoms with Crippen LogP contribution < -0.4 is 4.57 Å². The molecule has 0 saturated heterocycles. The van der Waals surface area contributed by atoms with Gasteiger partial charge in [-0.1, -0.05) is 6.07 Å². The smallest absolute Gasteiger partial charge is 0.256 e. The predicted octanol–water partition coefficient (Wildman–Crippen LogP) is 7.44. The standard InChI is InChI=1S/C20H12F17N2/c21-13(22,6-10-39-8-4-11(5-9-39)12-3-1-2-7-38-12)14(23,24)15(25,26)16(27,28)17(29,30)18(31,32)19(33,34)20(35,36)37/h1-5,7-9H,6,10H2/q+1. The molecule has 39 heavy (non-hydrogen) atoms. The van der Waals surface area contributed by atoms with Crippen molar-refractivity contribution in [1.29, 1.82) is 0 Å². The van der Waals surface area contributed by atoms with Crippen LogP contribution in [0.4, 0.5) is 74.6 Å². The molecule has 220 valence electrons. The van der Waals surface area contributed by atoms with Crippen LogP contribution in [0.2, 0.25) is 0 Å². The predicted molar refractivity (Wildman–Crippen MR) is 95.2 cm³/mol. The largest absolute Gasteiger partial charge is 0.460 e. The summed E-state index contributed by atoms with van der Waals surface area (Å²) in [6.07, 6.45) is -7.20. The van der Waals surface area contributed by atoms with Crippen molar-refractivity contribution in [2.24, 2.45) is 0 Å². The fourth-order valence-electron chi connectivity index (χ4n) is 2.93. The Morgan fingerprint density at radius 1 is 0.538 bits per heavy atom. The normalized spacial score (nSPS) is 15.0. The molecule has 0 aliphatic rings. The summed E-state index contributed by atoms with van der Waals surface area (Å²) in [5, 5.41) is 0. The molecule has 0 aromatic carbocycles. The zero-order chi connectivity index (χ0) is 30.5. The lowest BCUT2D eigenvalue weighted by atomic mass is 9.88.